The predicted octanol–water partition coefficient (Wildman–Crippen LogP) is 5.98. The summed E-state index contributed by atoms with van der Waals surface area (Å²) in [5, 5.41) is 0. The Kier molecular flexibility index (Phi) is 6.10. The number of halogens is 2. The smallest absolute Gasteiger partial charge is 0.363 e. The van der Waals surface area contributed by atoms with E-state index in [4.69, 9.17) is 9.47 Å². The lowest BCUT2D eigenvalue weighted by atomic mass is 10.1. The second-order valence-corrected chi connectivity index (χ2v) is 8.29. The van der Waals surface area contributed by atoms with E-state index in [-0.39, 0.29) is 5.70 Å². The van der Waals surface area contributed by atoms with Gasteiger partial charge in [0.1, 0.15) is 12.4 Å². The molecule has 0 N–H and O–H groups in total. The lowest BCUT2D eigenvalue weighted by Crippen LogP contribution is -2.05. The van der Waals surface area contributed by atoms with Crippen molar-refractivity contribution in [2.24, 2.45) is 4.99 Å². The van der Waals surface area contributed by atoms with Crippen molar-refractivity contribution in [2.75, 3.05) is 0 Å². The molecule has 29 heavy (non-hydrogen) atoms. The lowest BCUT2D eigenvalue weighted by molar-refractivity contribution is -0.129. The fourth-order valence-electron chi connectivity index (χ4n) is 2.78. The monoisotopic (exact) mass is 559 g/mol. The molecule has 1 aliphatic rings. The van der Waals surface area contributed by atoms with Crippen molar-refractivity contribution in [1.82, 2.24) is 0 Å². The Morgan fingerprint density at radius 1 is 1.03 bits per heavy atom. The van der Waals surface area contributed by atoms with Crippen LogP contribution in [0.5, 0.6) is 5.75 Å². The molecule has 0 fully saturated rings. The molecule has 1 heterocycles. The number of cyclic esters (lactones) is 1. The molecule has 0 aliphatic carbocycles. The Hall–Kier alpha value is -2.45. The molecule has 0 aromatic heterocycles. The van der Waals surface area contributed by atoms with Crippen LogP contribution in [0.25, 0.3) is 6.08 Å². The number of para-hydroxylation sites is 1. The maximum atomic E-state index is 12.3. The first-order valence-electron chi connectivity index (χ1n) is 8.84. The molecule has 1 aliphatic heterocycles. The number of carbonyl (C=O) groups excluding carboxylic acids is 1. The molecule has 0 saturated heterocycles. The van der Waals surface area contributed by atoms with Gasteiger partial charge in [-0.1, -0.05) is 48.5 Å². The zero-order valence-corrected chi connectivity index (χ0v) is 18.9. The van der Waals surface area contributed by atoms with Gasteiger partial charge in [0.15, 0.2) is 5.70 Å². The van der Waals surface area contributed by atoms with Gasteiger partial charge >= 0.3 is 5.97 Å². The summed E-state index contributed by atoms with van der Waals surface area (Å²) in [4.78, 5) is 16.7. The highest BCUT2D eigenvalue weighted by Gasteiger charge is 2.25. The van der Waals surface area contributed by atoms with Gasteiger partial charge in [-0.25, -0.2) is 9.79 Å². The summed E-state index contributed by atoms with van der Waals surface area (Å²) in [5.74, 6) is 0.492. The first-order chi connectivity index (χ1) is 14.1. The summed E-state index contributed by atoms with van der Waals surface area (Å²) >= 11 is 5.71. The second kappa shape index (κ2) is 8.92. The SMILES string of the molecule is O=C1OC(c2ccc(I)c(Br)c2)=N/C1=C\c1ccccc1OCc1ccccc1. The van der Waals surface area contributed by atoms with Gasteiger partial charge < -0.3 is 9.47 Å². The third-order valence-corrected chi connectivity index (χ3v) is 6.57. The quantitative estimate of drug-likeness (QED) is 0.219. The van der Waals surface area contributed by atoms with Crippen molar-refractivity contribution in [1.29, 1.82) is 0 Å². The van der Waals surface area contributed by atoms with Crippen LogP contribution < -0.4 is 4.74 Å². The fourth-order valence-corrected chi connectivity index (χ4v) is 3.49. The van der Waals surface area contributed by atoms with Gasteiger partial charge in [0.05, 0.1) is 0 Å². The lowest BCUT2D eigenvalue weighted by Gasteiger charge is -2.09. The Morgan fingerprint density at radius 3 is 2.59 bits per heavy atom. The number of benzene rings is 3. The number of ether oxygens (including phenoxy) is 2. The van der Waals surface area contributed by atoms with Crippen molar-refractivity contribution < 1.29 is 14.3 Å². The predicted molar refractivity (Wildman–Crippen MR) is 125 cm³/mol. The van der Waals surface area contributed by atoms with Crippen molar-refractivity contribution in [3.8, 4) is 5.75 Å². The minimum Gasteiger partial charge on any atom is -0.488 e. The first kappa shape index (κ1) is 19.8. The van der Waals surface area contributed by atoms with E-state index in [0.29, 0.717) is 18.3 Å². The molecule has 0 saturated carbocycles. The van der Waals surface area contributed by atoms with Crippen molar-refractivity contribution in [2.45, 2.75) is 6.61 Å². The topological polar surface area (TPSA) is 47.9 Å². The number of esters is 1. The van der Waals surface area contributed by atoms with E-state index in [9.17, 15) is 4.79 Å². The zero-order valence-electron chi connectivity index (χ0n) is 15.1. The number of hydrogen-bond donors (Lipinski definition) is 0. The molecule has 144 valence electrons. The molecule has 0 radical (unpaired) electrons. The summed E-state index contributed by atoms with van der Waals surface area (Å²) in [6, 6.07) is 23.2. The second-order valence-electron chi connectivity index (χ2n) is 6.28. The van der Waals surface area contributed by atoms with E-state index in [1.54, 1.807) is 6.08 Å². The van der Waals surface area contributed by atoms with Crippen LogP contribution in [0.15, 0.2) is 88.0 Å². The van der Waals surface area contributed by atoms with Gasteiger partial charge in [0, 0.05) is 19.2 Å². The molecule has 0 bridgehead atoms. The Balaban J connectivity index is 1.59. The average molecular weight is 560 g/mol. The summed E-state index contributed by atoms with van der Waals surface area (Å²) in [6.45, 7) is 0.441. The summed E-state index contributed by atoms with van der Waals surface area (Å²) < 4.78 is 13.3. The number of aliphatic imine (C=N–C) groups is 1. The summed E-state index contributed by atoms with van der Waals surface area (Å²) in [5.41, 5.74) is 2.82. The largest absolute Gasteiger partial charge is 0.488 e. The van der Waals surface area contributed by atoms with Crippen molar-refractivity contribution >= 4 is 56.5 Å². The van der Waals surface area contributed by atoms with Gasteiger partial charge in [-0.3, -0.25) is 0 Å². The van der Waals surface area contributed by atoms with Crippen LogP contribution in [0.2, 0.25) is 0 Å². The minimum absolute atomic E-state index is 0.241. The van der Waals surface area contributed by atoms with Crippen LogP contribution in [0.1, 0.15) is 16.7 Å². The molecule has 4 nitrogen and oxygen atoms in total. The van der Waals surface area contributed by atoms with Crippen LogP contribution in [0, 0.1) is 3.57 Å². The molecular formula is C23H15BrINO3. The van der Waals surface area contributed by atoms with Gasteiger partial charge in [0.25, 0.3) is 0 Å². The third-order valence-electron chi connectivity index (χ3n) is 4.24. The first-order valence-corrected chi connectivity index (χ1v) is 10.7. The van der Waals surface area contributed by atoms with Gasteiger partial charge in [-0.2, -0.15) is 0 Å². The zero-order chi connectivity index (χ0) is 20.2. The Labute approximate surface area is 190 Å². The van der Waals surface area contributed by atoms with Crippen LogP contribution >= 0.6 is 38.5 Å². The van der Waals surface area contributed by atoms with Gasteiger partial charge in [0.2, 0.25) is 5.90 Å². The van der Waals surface area contributed by atoms with E-state index < -0.39 is 5.97 Å². The number of carbonyl (C=O) groups is 1. The molecule has 0 amide bonds. The van der Waals surface area contributed by atoms with Crippen LogP contribution in [-0.2, 0) is 16.1 Å². The molecule has 3 aromatic carbocycles. The third kappa shape index (κ3) is 4.76. The van der Waals surface area contributed by atoms with E-state index >= 15 is 0 Å². The molecule has 6 heteroatoms. The van der Waals surface area contributed by atoms with Crippen LogP contribution in [0.3, 0.4) is 0 Å². The highest BCUT2D eigenvalue weighted by molar-refractivity contribution is 14.1. The molecule has 0 spiro atoms. The van der Waals surface area contributed by atoms with Crippen molar-refractivity contribution in [3.63, 3.8) is 0 Å². The maximum absolute atomic E-state index is 12.3. The van der Waals surface area contributed by atoms with E-state index in [0.717, 1.165) is 24.7 Å². The highest BCUT2D eigenvalue weighted by Crippen LogP contribution is 2.27. The van der Waals surface area contributed by atoms with E-state index in [1.807, 2.05) is 72.8 Å². The molecular weight excluding hydrogens is 545 g/mol. The fraction of sp³-hybridized carbons (Fsp3) is 0.0435. The molecule has 0 unspecified atom stereocenters. The number of rotatable bonds is 5. The van der Waals surface area contributed by atoms with Crippen LogP contribution in [0.4, 0.5) is 0 Å². The average Bonchev–Trinajstić information content (AvgIpc) is 3.10. The Morgan fingerprint density at radius 2 is 1.79 bits per heavy atom. The van der Waals surface area contributed by atoms with Gasteiger partial charge in [-0.05, 0) is 74.4 Å². The minimum atomic E-state index is -0.479. The number of nitrogens with zero attached hydrogens (tertiary/aromatic N) is 1. The summed E-state index contributed by atoms with van der Waals surface area (Å²) in [6.07, 6.45) is 1.69. The molecule has 4 rings (SSSR count). The molecule has 0 atom stereocenters. The highest BCUT2D eigenvalue weighted by atomic mass is 127. The maximum Gasteiger partial charge on any atom is 0.363 e. The van der Waals surface area contributed by atoms with Crippen molar-refractivity contribution in [3.05, 3.63) is 103 Å². The standard InChI is InChI=1S/C23H15BrINO3/c24-18-12-17(10-11-19(18)25)22-26-20(23(27)29-22)13-16-8-4-5-9-21(16)28-14-15-6-2-1-3-7-15/h1-13H,14H2/b20-13-. The molecule has 3 aromatic rings. The number of hydrogen-bond acceptors (Lipinski definition) is 4. The van der Waals surface area contributed by atoms with Gasteiger partial charge in [-0.15, -0.1) is 0 Å². The van der Waals surface area contributed by atoms with E-state index in [2.05, 4.69) is 43.5 Å². The summed E-state index contributed by atoms with van der Waals surface area (Å²) in [7, 11) is 0. The van der Waals surface area contributed by atoms with E-state index in [1.165, 1.54) is 0 Å². The Bertz CT molecular complexity index is 1130. The van der Waals surface area contributed by atoms with Crippen LogP contribution in [-0.4, -0.2) is 11.9 Å². The normalized spacial score (nSPS) is 14.6.